The van der Waals surface area contributed by atoms with Gasteiger partial charge in [-0.15, -0.1) is 0 Å². The molecular weight excluding hydrogens is 184 g/mol. The third kappa shape index (κ3) is 3.46. The Morgan fingerprint density at radius 1 is 1.27 bits per heavy atom. The molecular formula is C13H28N2. The molecule has 0 aliphatic heterocycles. The minimum absolute atomic E-state index is 0.633. The molecule has 1 aliphatic rings. The molecule has 2 nitrogen and oxygen atoms in total. The fourth-order valence-electron chi connectivity index (χ4n) is 2.55. The molecule has 0 heterocycles. The zero-order valence-corrected chi connectivity index (χ0v) is 10.8. The van der Waals surface area contributed by atoms with Crippen molar-refractivity contribution in [1.29, 1.82) is 0 Å². The summed E-state index contributed by atoms with van der Waals surface area (Å²) in [6, 6.07) is 0.729. The summed E-state index contributed by atoms with van der Waals surface area (Å²) in [4.78, 5) is 0. The van der Waals surface area contributed by atoms with Crippen molar-refractivity contribution in [3.05, 3.63) is 0 Å². The highest BCUT2D eigenvalue weighted by atomic mass is 14.9. The van der Waals surface area contributed by atoms with Crippen LogP contribution in [0.15, 0.2) is 0 Å². The first-order valence-electron chi connectivity index (χ1n) is 6.49. The lowest BCUT2D eigenvalue weighted by Crippen LogP contribution is -2.39. The van der Waals surface area contributed by atoms with E-state index in [9.17, 15) is 0 Å². The van der Waals surface area contributed by atoms with E-state index in [2.05, 4.69) is 33.0 Å². The van der Waals surface area contributed by atoms with E-state index in [4.69, 9.17) is 5.73 Å². The van der Waals surface area contributed by atoms with Crippen molar-refractivity contribution in [2.75, 3.05) is 13.1 Å². The van der Waals surface area contributed by atoms with Gasteiger partial charge in [-0.05, 0) is 49.6 Å². The van der Waals surface area contributed by atoms with Gasteiger partial charge in [0.2, 0.25) is 0 Å². The zero-order chi connectivity index (χ0) is 11.4. The topological polar surface area (TPSA) is 38.0 Å². The van der Waals surface area contributed by atoms with Gasteiger partial charge in [-0.2, -0.15) is 0 Å². The summed E-state index contributed by atoms with van der Waals surface area (Å²) in [5.41, 5.74) is 5.78. The second kappa shape index (κ2) is 5.86. The van der Waals surface area contributed by atoms with Crippen molar-refractivity contribution in [2.24, 2.45) is 29.4 Å². The lowest BCUT2D eigenvalue weighted by atomic mass is 9.94. The Labute approximate surface area is 95.0 Å². The van der Waals surface area contributed by atoms with E-state index in [-0.39, 0.29) is 0 Å². The number of nitrogens with one attached hydrogen (secondary N) is 1. The Hall–Kier alpha value is -0.0800. The summed E-state index contributed by atoms with van der Waals surface area (Å²) < 4.78 is 0. The molecule has 0 amide bonds. The van der Waals surface area contributed by atoms with Crippen LogP contribution in [0.25, 0.3) is 0 Å². The summed E-state index contributed by atoms with van der Waals surface area (Å²) in [7, 11) is 0. The van der Waals surface area contributed by atoms with Crippen LogP contribution in [0.3, 0.4) is 0 Å². The Balaban J connectivity index is 2.30. The van der Waals surface area contributed by atoms with Crippen molar-refractivity contribution in [2.45, 2.75) is 46.6 Å². The van der Waals surface area contributed by atoms with Crippen molar-refractivity contribution in [1.82, 2.24) is 5.32 Å². The minimum atomic E-state index is 0.633. The van der Waals surface area contributed by atoms with Crippen molar-refractivity contribution in [3.8, 4) is 0 Å². The van der Waals surface area contributed by atoms with Gasteiger partial charge in [0.1, 0.15) is 0 Å². The second-order valence-electron chi connectivity index (χ2n) is 5.67. The highest BCUT2D eigenvalue weighted by molar-refractivity contribution is 4.85. The average Bonchev–Trinajstić information content (AvgIpc) is 2.49. The minimum Gasteiger partial charge on any atom is -0.330 e. The van der Waals surface area contributed by atoms with Gasteiger partial charge in [0.25, 0.3) is 0 Å². The van der Waals surface area contributed by atoms with E-state index in [0.29, 0.717) is 11.8 Å². The van der Waals surface area contributed by atoms with Gasteiger partial charge in [-0.25, -0.2) is 0 Å². The Morgan fingerprint density at radius 3 is 2.33 bits per heavy atom. The van der Waals surface area contributed by atoms with E-state index in [1.807, 2.05) is 0 Å². The van der Waals surface area contributed by atoms with Gasteiger partial charge >= 0.3 is 0 Å². The summed E-state index contributed by atoms with van der Waals surface area (Å²) in [5.74, 6) is 3.04. The predicted octanol–water partition coefficient (Wildman–Crippen LogP) is 2.24. The quantitative estimate of drug-likeness (QED) is 0.733. The maximum atomic E-state index is 5.78. The van der Waals surface area contributed by atoms with Crippen LogP contribution in [0.5, 0.6) is 0 Å². The first-order chi connectivity index (χ1) is 7.06. The van der Waals surface area contributed by atoms with E-state index in [0.717, 1.165) is 31.0 Å². The standard InChI is InChI=1S/C13H28N2/c1-9(2)12(7-14)8-15-13-6-5-10(3)11(13)4/h9-13,15H,5-8,14H2,1-4H3. The monoisotopic (exact) mass is 212 g/mol. The molecule has 1 saturated carbocycles. The Morgan fingerprint density at radius 2 is 1.93 bits per heavy atom. The molecule has 0 radical (unpaired) electrons. The highest BCUT2D eigenvalue weighted by Gasteiger charge is 2.29. The summed E-state index contributed by atoms with van der Waals surface area (Å²) >= 11 is 0. The summed E-state index contributed by atoms with van der Waals surface area (Å²) in [5, 5.41) is 3.71. The van der Waals surface area contributed by atoms with Gasteiger partial charge in [0.05, 0.1) is 0 Å². The fourth-order valence-corrected chi connectivity index (χ4v) is 2.55. The van der Waals surface area contributed by atoms with Crippen molar-refractivity contribution >= 4 is 0 Å². The number of rotatable bonds is 5. The molecule has 90 valence electrons. The lowest BCUT2D eigenvalue weighted by molar-refractivity contribution is 0.313. The summed E-state index contributed by atoms with van der Waals surface area (Å²) in [6.07, 6.45) is 2.73. The lowest BCUT2D eigenvalue weighted by Gasteiger charge is -2.25. The number of hydrogen-bond donors (Lipinski definition) is 2. The van der Waals surface area contributed by atoms with Crippen LogP contribution in [-0.4, -0.2) is 19.1 Å². The molecule has 0 bridgehead atoms. The maximum absolute atomic E-state index is 5.78. The van der Waals surface area contributed by atoms with Gasteiger partial charge in [-0.1, -0.05) is 27.7 Å². The molecule has 1 fully saturated rings. The molecule has 0 saturated heterocycles. The highest BCUT2D eigenvalue weighted by Crippen LogP contribution is 2.31. The van der Waals surface area contributed by atoms with Crippen molar-refractivity contribution in [3.63, 3.8) is 0 Å². The largest absolute Gasteiger partial charge is 0.330 e. The Kier molecular flexibility index (Phi) is 5.07. The van der Waals surface area contributed by atoms with Gasteiger partial charge in [0, 0.05) is 6.04 Å². The van der Waals surface area contributed by atoms with Crippen LogP contribution in [-0.2, 0) is 0 Å². The van der Waals surface area contributed by atoms with E-state index < -0.39 is 0 Å². The average molecular weight is 212 g/mol. The van der Waals surface area contributed by atoms with E-state index in [1.165, 1.54) is 12.8 Å². The molecule has 0 aromatic heterocycles. The molecule has 0 aromatic carbocycles. The number of hydrogen-bond acceptors (Lipinski definition) is 2. The van der Waals surface area contributed by atoms with Crippen LogP contribution < -0.4 is 11.1 Å². The molecule has 0 spiro atoms. The smallest absolute Gasteiger partial charge is 0.00954 e. The summed E-state index contributed by atoms with van der Waals surface area (Å²) in [6.45, 7) is 11.2. The SMILES string of the molecule is CC(C)C(CN)CNC1CCC(C)C1C. The van der Waals surface area contributed by atoms with Crippen LogP contribution in [0, 0.1) is 23.7 Å². The third-order valence-electron chi connectivity index (χ3n) is 4.35. The predicted molar refractivity (Wildman–Crippen MR) is 66.7 cm³/mol. The molecule has 1 rings (SSSR count). The van der Waals surface area contributed by atoms with Crippen molar-refractivity contribution < 1.29 is 0 Å². The zero-order valence-electron chi connectivity index (χ0n) is 10.8. The fraction of sp³-hybridized carbons (Fsp3) is 1.00. The first kappa shape index (κ1) is 13.0. The molecule has 3 N–H and O–H groups in total. The van der Waals surface area contributed by atoms with Gasteiger partial charge in [-0.3, -0.25) is 0 Å². The van der Waals surface area contributed by atoms with Crippen LogP contribution in [0.1, 0.15) is 40.5 Å². The third-order valence-corrected chi connectivity index (χ3v) is 4.35. The van der Waals surface area contributed by atoms with E-state index >= 15 is 0 Å². The molecule has 2 heteroatoms. The van der Waals surface area contributed by atoms with Crippen LogP contribution in [0.4, 0.5) is 0 Å². The van der Waals surface area contributed by atoms with E-state index in [1.54, 1.807) is 0 Å². The van der Waals surface area contributed by atoms with Gasteiger partial charge in [0.15, 0.2) is 0 Å². The van der Waals surface area contributed by atoms with Gasteiger partial charge < -0.3 is 11.1 Å². The number of nitrogens with two attached hydrogens (primary N) is 1. The van der Waals surface area contributed by atoms with Crippen LogP contribution >= 0.6 is 0 Å². The molecule has 1 aliphatic carbocycles. The normalized spacial score (nSPS) is 33.6. The molecule has 0 aromatic rings. The molecule has 4 unspecified atom stereocenters. The second-order valence-corrected chi connectivity index (χ2v) is 5.67. The van der Waals surface area contributed by atoms with Crippen LogP contribution in [0.2, 0.25) is 0 Å². The Bertz CT molecular complexity index is 179. The molecule has 15 heavy (non-hydrogen) atoms. The molecule has 4 atom stereocenters. The first-order valence-corrected chi connectivity index (χ1v) is 6.49. The maximum Gasteiger partial charge on any atom is 0.00954 e.